The number of alkyl halides is 1. The molecule has 0 bridgehead atoms. The molecule has 0 fully saturated rings. The second-order valence-corrected chi connectivity index (χ2v) is 2.47. The van der Waals surface area contributed by atoms with Crippen LogP contribution in [0.5, 0.6) is 0 Å². The van der Waals surface area contributed by atoms with Gasteiger partial charge < -0.3 is 9.47 Å². The Hall–Kier alpha value is 0.405. The molecule has 10 heavy (non-hydrogen) atoms. The Balaban J connectivity index is 4.33. The summed E-state index contributed by atoms with van der Waals surface area (Å²) in [5.41, 5.74) is -1.66. The Bertz CT molecular complexity index is 110. The Kier molecular flexibility index (Phi) is 3.33. The molecule has 0 aliphatic heterocycles. The SMILES string of the molecule is [B]C([B])(Cl)C([B])(OC)OC. The van der Waals surface area contributed by atoms with Crippen molar-refractivity contribution in [2.45, 2.75) is 10.4 Å². The maximum absolute atomic E-state index is 5.42. The fourth-order valence-corrected chi connectivity index (χ4v) is 0.550. The third-order valence-corrected chi connectivity index (χ3v) is 1.40. The van der Waals surface area contributed by atoms with Gasteiger partial charge in [-0.05, 0) is 0 Å². The van der Waals surface area contributed by atoms with Crippen molar-refractivity contribution in [2.75, 3.05) is 14.2 Å². The molecule has 0 aromatic heterocycles. The zero-order valence-electron chi connectivity index (χ0n) is 5.93. The van der Waals surface area contributed by atoms with E-state index in [0.29, 0.717) is 0 Å². The predicted octanol–water partition coefficient (Wildman–Crippen LogP) is -0.669. The number of methoxy groups -OCH3 is 2. The molecular weight excluding hydrogens is 148 g/mol. The first-order chi connectivity index (χ1) is 4.37. The molecule has 6 radical (unpaired) electrons. The van der Waals surface area contributed by atoms with Crippen LogP contribution in [0.2, 0.25) is 0 Å². The van der Waals surface area contributed by atoms with Crippen LogP contribution in [0, 0.1) is 0 Å². The number of hydrogen-bond donors (Lipinski definition) is 0. The van der Waals surface area contributed by atoms with E-state index in [2.05, 4.69) is 9.47 Å². The highest BCUT2D eigenvalue weighted by Gasteiger charge is 2.37. The van der Waals surface area contributed by atoms with Crippen LogP contribution in [0.25, 0.3) is 0 Å². The van der Waals surface area contributed by atoms with Gasteiger partial charge in [-0.2, -0.15) is 0 Å². The number of halogens is 1. The van der Waals surface area contributed by atoms with Crippen molar-refractivity contribution in [3.8, 4) is 0 Å². The van der Waals surface area contributed by atoms with Crippen LogP contribution in [0.3, 0.4) is 0 Å². The van der Waals surface area contributed by atoms with Gasteiger partial charge in [0.25, 0.3) is 0 Å². The van der Waals surface area contributed by atoms with E-state index in [9.17, 15) is 0 Å². The van der Waals surface area contributed by atoms with Crippen molar-refractivity contribution in [1.29, 1.82) is 0 Å². The molecule has 0 rings (SSSR count). The van der Waals surface area contributed by atoms with Gasteiger partial charge in [0.15, 0.2) is 7.85 Å². The molecule has 50 valence electrons. The lowest BCUT2D eigenvalue weighted by molar-refractivity contribution is -0.138. The van der Waals surface area contributed by atoms with Gasteiger partial charge in [0.05, 0.1) is 15.7 Å². The summed E-state index contributed by atoms with van der Waals surface area (Å²) in [6.45, 7) is 0. The summed E-state index contributed by atoms with van der Waals surface area (Å²) in [6.07, 6.45) is 0. The van der Waals surface area contributed by atoms with Crippen molar-refractivity contribution in [2.24, 2.45) is 0 Å². The molecule has 0 amide bonds. The fourth-order valence-electron chi connectivity index (χ4n) is 0.396. The van der Waals surface area contributed by atoms with Crippen LogP contribution in [0.4, 0.5) is 0 Å². The van der Waals surface area contributed by atoms with Gasteiger partial charge in [-0.3, -0.25) is 0 Å². The summed E-state index contributed by atoms with van der Waals surface area (Å²) in [6, 6.07) is 0. The highest BCUT2D eigenvalue weighted by atomic mass is 35.5. The summed E-state index contributed by atoms with van der Waals surface area (Å²) in [5, 5.41) is 0. The van der Waals surface area contributed by atoms with Crippen LogP contribution < -0.4 is 0 Å². The highest BCUT2D eigenvalue weighted by molar-refractivity contribution is 6.65. The first kappa shape index (κ1) is 10.4. The van der Waals surface area contributed by atoms with Crippen molar-refractivity contribution in [3.63, 3.8) is 0 Å². The molecule has 6 heteroatoms. The second-order valence-electron chi connectivity index (χ2n) is 1.84. The van der Waals surface area contributed by atoms with E-state index in [1.54, 1.807) is 0 Å². The summed E-state index contributed by atoms with van der Waals surface area (Å²) >= 11 is 5.42. The molecule has 0 saturated heterocycles. The lowest BCUT2D eigenvalue weighted by Gasteiger charge is -2.38. The van der Waals surface area contributed by atoms with E-state index in [1.165, 1.54) is 14.2 Å². The van der Waals surface area contributed by atoms with Crippen molar-refractivity contribution in [3.05, 3.63) is 0 Å². The number of hydrogen-bond acceptors (Lipinski definition) is 2. The molecule has 0 aliphatic carbocycles. The first-order valence-electron chi connectivity index (χ1n) is 2.53. The van der Waals surface area contributed by atoms with E-state index < -0.39 is 10.4 Å². The van der Waals surface area contributed by atoms with Gasteiger partial charge in [0.2, 0.25) is 0 Å². The summed E-state index contributed by atoms with van der Waals surface area (Å²) in [5.74, 6) is 0. The molecule has 0 N–H and O–H groups in total. The lowest BCUT2D eigenvalue weighted by Crippen LogP contribution is -2.54. The molecule has 0 heterocycles. The van der Waals surface area contributed by atoms with E-state index >= 15 is 0 Å². The minimum Gasteiger partial charge on any atom is -0.363 e. The lowest BCUT2D eigenvalue weighted by atomic mass is 9.58. The standard InChI is InChI=1S/C4H6B3ClO2/c1-9-4(7,10-2)3(5,6)8/h1-2H3. The zero-order valence-corrected chi connectivity index (χ0v) is 6.68. The highest BCUT2D eigenvalue weighted by Crippen LogP contribution is 2.23. The molecular formula is C4H6B3ClO2. The van der Waals surface area contributed by atoms with Gasteiger partial charge in [-0.15, -0.1) is 11.6 Å². The second kappa shape index (κ2) is 3.20. The Labute approximate surface area is 69.8 Å². The van der Waals surface area contributed by atoms with E-state index in [-0.39, 0.29) is 0 Å². The van der Waals surface area contributed by atoms with Crippen molar-refractivity contribution in [1.82, 2.24) is 0 Å². The zero-order chi connectivity index (χ0) is 8.41. The van der Waals surface area contributed by atoms with Gasteiger partial charge in [0.1, 0.15) is 5.69 Å². The molecule has 0 saturated carbocycles. The van der Waals surface area contributed by atoms with Crippen LogP contribution in [0.1, 0.15) is 0 Å². The summed E-state index contributed by atoms with van der Waals surface area (Å²) in [7, 11) is 18.3. The fraction of sp³-hybridized carbons (Fsp3) is 1.00. The minimum atomic E-state index is -1.74. The number of ether oxygens (including phenoxy) is 2. The molecule has 0 aromatic carbocycles. The molecule has 0 spiro atoms. The van der Waals surface area contributed by atoms with E-state index in [0.717, 1.165) is 0 Å². The van der Waals surface area contributed by atoms with Crippen molar-refractivity contribution < 1.29 is 9.47 Å². The van der Waals surface area contributed by atoms with Gasteiger partial charge in [0, 0.05) is 18.9 Å². The normalized spacial score (nSPS) is 13.5. The third kappa shape index (κ3) is 1.94. The van der Waals surface area contributed by atoms with E-state index in [4.69, 9.17) is 35.1 Å². The monoisotopic (exact) mass is 154 g/mol. The van der Waals surface area contributed by atoms with Crippen LogP contribution in [-0.4, -0.2) is 48.1 Å². The maximum Gasteiger partial charge on any atom is 0.154 e. The molecule has 2 nitrogen and oxygen atoms in total. The van der Waals surface area contributed by atoms with E-state index in [1.807, 2.05) is 0 Å². The molecule has 0 unspecified atom stereocenters. The largest absolute Gasteiger partial charge is 0.363 e. The number of rotatable bonds is 3. The van der Waals surface area contributed by atoms with Crippen LogP contribution in [0.15, 0.2) is 0 Å². The minimum absolute atomic E-state index is 1.29. The Morgan fingerprint density at radius 1 is 1.10 bits per heavy atom. The average molecular weight is 154 g/mol. The summed E-state index contributed by atoms with van der Waals surface area (Å²) in [4.78, 5) is 0. The van der Waals surface area contributed by atoms with Crippen LogP contribution >= 0.6 is 11.6 Å². The first-order valence-corrected chi connectivity index (χ1v) is 2.91. The molecule has 0 aromatic rings. The third-order valence-electron chi connectivity index (χ3n) is 1.14. The Morgan fingerprint density at radius 2 is 1.40 bits per heavy atom. The quantitative estimate of drug-likeness (QED) is 0.305. The van der Waals surface area contributed by atoms with Crippen molar-refractivity contribution >= 4 is 35.1 Å². The topological polar surface area (TPSA) is 18.5 Å². The Morgan fingerprint density at radius 3 is 1.40 bits per heavy atom. The van der Waals surface area contributed by atoms with Gasteiger partial charge in [-0.1, -0.05) is 0 Å². The van der Waals surface area contributed by atoms with Crippen LogP contribution in [-0.2, 0) is 9.47 Å². The smallest absolute Gasteiger partial charge is 0.154 e. The average Bonchev–Trinajstić information content (AvgIpc) is 1.84. The van der Waals surface area contributed by atoms with Gasteiger partial charge >= 0.3 is 0 Å². The predicted molar refractivity (Wildman–Crippen MR) is 42.6 cm³/mol. The molecule has 0 aliphatic rings. The molecule has 0 atom stereocenters. The maximum atomic E-state index is 5.42. The van der Waals surface area contributed by atoms with Gasteiger partial charge in [-0.25, -0.2) is 0 Å². The summed E-state index contributed by atoms with van der Waals surface area (Å²) < 4.78 is 7.51.